The molecule has 1 amide bonds. The first-order valence-electron chi connectivity index (χ1n) is 20.3. The first-order valence-corrected chi connectivity index (χ1v) is 21.1. The number of nitrogens with one attached hydrogen (secondary N) is 1. The van der Waals surface area contributed by atoms with Gasteiger partial charge in [-0.3, -0.25) is 24.0 Å². The number of aromatic nitrogens is 2. The second kappa shape index (κ2) is 23.3. The SMILES string of the molecule is CC(=O)OCCN(CCOC(C)=O)c1ccc(CNC(CC(N)=O)c2ccc3c(c2)nc(-c2ccc(N(CCOC(C)=O)CCOC(C)=O)cc2)n3Cc2ccc(Cl)c(Cl)c2)cc1. The molecule has 0 aliphatic carbocycles. The Kier molecular flexibility index (Phi) is 17.7. The number of nitrogens with two attached hydrogens (primary N) is 1. The molecule has 15 nitrogen and oxygen atoms in total. The lowest BCUT2D eigenvalue weighted by molar-refractivity contribution is -0.142. The van der Waals surface area contributed by atoms with E-state index in [2.05, 4.69) is 9.88 Å². The molecule has 5 rings (SSSR count). The molecular formula is C46H52Cl2N6O9. The van der Waals surface area contributed by atoms with Gasteiger partial charge in [-0.2, -0.15) is 0 Å². The number of halogens is 2. The molecule has 0 aliphatic heterocycles. The summed E-state index contributed by atoms with van der Waals surface area (Å²) in [5.74, 6) is -1.31. The van der Waals surface area contributed by atoms with Crippen molar-refractivity contribution < 1.29 is 42.9 Å². The molecule has 0 saturated carbocycles. The average molecular weight is 904 g/mol. The van der Waals surface area contributed by atoms with Crippen molar-refractivity contribution in [1.29, 1.82) is 0 Å². The van der Waals surface area contributed by atoms with E-state index in [9.17, 15) is 24.0 Å². The largest absolute Gasteiger partial charge is 0.464 e. The van der Waals surface area contributed by atoms with Crippen LogP contribution in [0.1, 0.15) is 56.8 Å². The number of anilines is 2. The first kappa shape index (κ1) is 47.9. The highest BCUT2D eigenvalue weighted by molar-refractivity contribution is 6.42. The highest BCUT2D eigenvalue weighted by atomic mass is 35.5. The fourth-order valence-corrected chi connectivity index (χ4v) is 7.22. The number of hydrogen-bond acceptors (Lipinski definition) is 13. The highest BCUT2D eigenvalue weighted by Gasteiger charge is 2.20. The summed E-state index contributed by atoms with van der Waals surface area (Å²) in [5, 5.41) is 4.38. The van der Waals surface area contributed by atoms with E-state index in [0.717, 1.165) is 39.1 Å². The maximum absolute atomic E-state index is 12.4. The smallest absolute Gasteiger partial charge is 0.302 e. The zero-order valence-electron chi connectivity index (χ0n) is 35.7. The average Bonchev–Trinajstić information content (AvgIpc) is 3.59. The summed E-state index contributed by atoms with van der Waals surface area (Å²) in [6.45, 7) is 8.53. The lowest BCUT2D eigenvalue weighted by Crippen LogP contribution is -2.32. The molecule has 1 aromatic heterocycles. The Bertz CT molecular complexity index is 2330. The summed E-state index contributed by atoms with van der Waals surface area (Å²) >= 11 is 12.7. The number of carbonyl (C=O) groups is 5. The summed E-state index contributed by atoms with van der Waals surface area (Å²) in [6.07, 6.45) is 0.0351. The molecule has 0 bridgehead atoms. The Morgan fingerprint density at radius 3 is 1.62 bits per heavy atom. The van der Waals surface area contributed by atoms with Crippen molar-refractivity contribution in [3.05, 3.63) is 112 Å². The van der Waals surface area contributed by atoms with Crippen LogP contribution in [0.4, 0.5) is 11.4 Å². The molecule has 5 aromatic rings. The molecule has 4 aromatic carbocycles. The number of fused-ring (bicyclic) bond motifs is 1. The van der Waals surface area contributed by atoms with Gasteiger partial charge in [-0.15, -0.1) is 0 Å². The molecule has 17 heteroatoms. The first-order chi connectivity index (χ1) is 30.2. The lowest BCUT2D eigenvalue weighted by atomic mass is 10.0. The fourth-order valence-electron chi connectivity index (χ4n) is 6.90. The minimum absolute atomic E-state index is 0.0351. The number of amides is 1. The van der Waals surface area contributed by atoms with Crippen LogP contribution < -0.4 is 20.9 Å². The van der Waals surface area contributed by atoms with Crippen molar-refractivity contribution in [2.45, 2.75) is 53.2 Å². The van der Waals surface area contributed by atoms with Crippen LogP contribution in [-0.4, -0.2) is 91.9 Å². The van der Waals surface area contributed by atoms with Gasteiger partial charge in [-0.25, -0.2) is 4.98 Å². The van der Waals surface area contributed by atoms with E-state index in [1.807, 2.05) is 88.7 Å². The van der Waals surface area contributed by atoms with Crippen molar-refractivity contribution in [2.75, 3.05) is 62.4 Å². The van der Waals surface area contributed by atoms with Crippen molar-refractivity contribution in [3.8, 4) is 11.4 Å². The second-order valence-electron chi connectivity index (χ2n) is 14.7. The van der Waals surface area contributed by atoms with Crippen LogP contribution in [0.2, 0.25) is 10.0 Å². The molecule has 0 aliphatic rings. The number of rotatable bonds is 23. The van der Waals surface area contributed by atoms with Crippen molar-refractivity contribution in [2.24, 2.45) is 5.73 Å². The van der Waals surface area contributed by atoms with Gasteiger partial charge in [0, 0.05) is 70.2 Å². The molecule has 1 unspecified atom stereocenters. The van der Waals surface area contributed by atoms with Crippen LogP contribution in [0, 0.1) is 0 Å². The number of nitrogens with zero attached hydrogens (tertiary/aromatic N) is 4. The van der Waals surface area contributed by atoms with Gasteiger partial charge in [-0.1, -0.05) is 47.5 Å². The zero-order valence-corrected chi connectivity index (χ0v) is 37.2. The maximum atomic E-state index is 12.4. The maximum Gasteiger partial charge on any atom is 0.302 e. The molecule has 1 heterocycles. The van der Waals surface area contributed by atoms with E-state index in [0.29, 0.717) is 60.7 Å². The number of carbonyl (C=O) groups excluding carboxylic acids is 5. The van der Waals surface area contributed by atoms with Crippen LogP contribution in [0.15, 0.2) is 84.9 Å². The summed E-state index contributed by atoms with van der Waals surface area (Å²) < 4.78 is 22.8. The van der Waals surface area contributed by atoms with Gasteiger partial charge < -0.3 is 44.4 Å². The Labute approximate surface area is 376 Å². The van der Waals surface area contributed by atoms with E-state index >= 15 is 0 Å². The number of ether oxygens (including phenoxy) is 4. The van der Waals surface area contributed by atoms with Crippen LogP contribution >= 0.6 is 23.2 Å². The van der Waals surface area contributed by atoms with Gasteiger partial charge in [-0.05, 0) is 77.4 Å². The van der Waals surface area contributed by atoms with Crippen LogP contribution in [0.25, 0.3) is 22.4 Å². The van der Waals surface area contributed by atoms with Gasteiger partial charge in [0.15, 0.2) is 0 Å². The van der Waals surface area contributed by atoms with Crippen LogP contribution in [-0.2, 0) is 56.0 Å². The Morgan fingerprint density at radius 2 is 1.14 bits per heavy atom. The quantitative estimate of drug-likeness (QED) is 0.0527. The normalized spacial score (nSPS) is 11.5. The molecule has 63 heavy (non-hydrogen) atoms. The second-order valence-corrected chi connectivity index (χ2v) is 15.5. The van der Waals surface area contributed by atoms with E-state index < -0.39 is 11.9 Å². The third kappa shape index (κ3) is 14.7. The van der Waals surface area contributed by atoms with E-state index in [4.69, 9.17) is 52.9 Å². The van der Waals surface area contributed by atoms with Crippen molar-refractivity contribution in [3.63, 3.8) is 0 Å². The standard InChI is InChI=1S/C46H52Cl2N6O9/c1-30(55)60-21-17-52(18-22-61-31(2)56)38-11-5-34(6-12-38)28-50-42(27-45(49)59)37-10-16-44-43(26-37)51-46(54(44)29-35-7-15-40(47)41(48)25-35)36-8-13-39(14-9-36)53(19-23-62-32(3)57)20-24-63-33(4)58/h5-16,25-26,42,50H,17-24,27-29H2,1-4H3,(H2,49,59). The highest BCUT2D eigenvalue weighted by Crippen LogP contribution is 2.32. The van der Waals surface area contributed by atoms with Crippen molar-refractivity contribution >= 4 is 75.4 Å². The van der Waals surface area contributed by atoms with Crippen molar-refractivity contribution in [1.82, 2.24) is 14.9 Å². The number of primary amides is 1. The Hall–Kier alpha value is -6.16. The summed E-state index contributed by atoms with van der Waals surface area (Å²) in [6, 6.07) is 26.5. The lowest BCUT2D eigenvalue weighted by Gasteiger charge is -2.25. The van der Waals surface area contributed by atoms with E-state index in [-0.39, 0.29) is 56.7 Å². The van der Waals surface area contributed by atoms with E-state index in [1.54, 1.807) is 6.07 Å². The number of hydrogen-bond donors (Lipinski definition) is 2. The predicted octanol–water partition coefficient (Wildman–Crippen LogP) is 6.63. The van der Waals surface area contributed by atoms with Crippen LogP contribution in [0.5, 0.6) is 0 Å². The Morgan fingerprint density at radius 1 is 0.651 bits per heavy atom. The monoisotopic (exact) mass is 902 g/mol. The molecule has 3 N–H and O–H groups in total. The fraction of sp³-hybridized carbons (Fsp3) is 0.348. The Balaban J connectivity index is 1.42. The zero-order chi connectivity index (χ0) is 45.5. The van der Waals surface area contributed by atoms with Gasteiger partial charge in [0.25, 0.3) is 0 Å². The van der Waals surface area contributed by atoms with Gasteiger partial charge in [0.05, 0.1) is 47.3 Å². The molecule has 0 spiro atoms. The minimum Gasteiger partial charge on any atom is -0.464 e. The third-order valence-electron chi connectivity index (χ3n) is 9.92. The predicted molar refractivity (Wildman–Crippen MR) is 242 cm³/mol. The number of imidazole rings is 1. The molecule has 0 fully saturated rings. The summed E-state index contributed by atoms with van der Waals surface area (Å²) in [7, 11) is 0. The van der Waals surface area contributed by atoms with Crippen LogP contribution in [0.3, 0.4) is 0 Å². The number of esters is 4. The van der Waals surface area contributed by atoms with Gasteiger partial charge in [0.2, 0.25) is 5.91 Å². The van der Waals surface area contributed by atoms with Gasteiger partial charge >= 0.3 is 23.9 Å². The summed E-state index contributed by atoms with van der Waals surface area (Å²) in [5.41, 5.74) is 12.5. The number of benzene rings is 4. The van der Waals surface area contributed by atoms with E-state index in [1.165, 1.54) is 27.7 Å². The third-order valence-corrected chi connectivity index (χ3v) is 10.7. The topological polar surface area (TPSA) is 185 Å². The van der Waals surface area contributed by atoms with Gasteiger partial charge in [0.1, 0.15) is 32.3 Å². The molecule has 0 radical (unpaired) electrons. The molecule has 334 valence electrons. The molecule has 0 saturated heterocycles. The molecule has 1 atom stereocenters. The summed E-state index contributed by atoms with van der Waals surface area (Å²) in [4.78, 5) is 67.1. The molecular weight excluding hydrogens is 851 g/mol. The minimum atomic E-state index is -0.472.